The lowest BCUT2D eigenvalue weighted by Crippen LogP contribution is -2.55. The van der Waals surface area contributed by atoms with Crippen LogP contribution in [0.5, 0.6) is 0 Å². The SMILES string of the molecule is COC(=O)N[C@H](C(=O)N[C@H](C(C)C)n1cnc(-c2cc(-c3cnc(C4CCN(C(=O)C(C)(OC)C(C)OC(N)=O)C4)[nH]3)ccc2-c2ccccc2)c1)[C@@H](C)OC. The molecule has 0 saturated carbocycles. The first-order chi connectivity index (χ1) is 26.7. The highest BCUT2D eigenvalue weighted by Crippen LogP contribution is 2.36. The Labute approximate surface area is 326 Å². The molecule has 2 aromatic heterocycles. The second-order valence-electron chi connectivity index (χ2n) is 14.4. The summed E-state index contributed by atoms with van der Waals surface area (Å²) in [4.78, 5) is 65.3. The molecule has 0 radical (unpaired) electrons. The number of nitrogens with zero attached hydrogens (tertiary/aromatic N) is 4. The fourth-order valence-electron chi connectivity index (χ4n) is 6.85. The van der Waals surface area contributed by atoms with E-state index in [4.69, 9.17) is 34.6 Å². The standard InChI is InChI=1S/C40H52N8O8/c1-23(2)35(46-36(49)33(24(3)53-6)45-39(52)54-7)48-21-32(43-22-48)30-18-27(14-15-29(30)26-12-10-9-11-13-26)31-19-42-34(44-31)28-16-17-47(20-28)37(50)40(5,55-8)25(4)56-38(41)51/h9-15,18-19,21-25,28,33,35H,16-17,20H2,1-8H3,(H2,41,51)(H,42,44)(H,45,52)(H,46,49)/t24-,25?,28?,33+,35+,40?/m1/s1. The number of nitrogens with two attached hydrogens (primary N) is 1. The van der Waals surface area contributed by atoms with Gasteiger partial charge in [0.1, 0.15) is 24.1 Å². The third-order valence-corrected chi connectivity index (χ3v) is 10.5. The number of hydrogen-bond donors (Lipinski definition) is 4. The van der Waals surface area contributed by atoms with Gasteiger partial charge in [-0.15, -0.1) is 0 Å². The van der Waals surface area contributed by atoms with Gasteiger partial charge in [-0.05, 0) is 50.3 Å². The van der Waals surface area contributed by atoms with Crippen LogP contribution < -0.4 is 16.4 Å². The first-order valence-electron chi connectivity index (χ1n) is 18.5. The van der Waals surface area contributed by atoms with Crippen LogP contribution in [-0.2, 0) is 28.5 Å². The molecule has 16 nitrogen and oxygen atoms in total. The van der Waals surface area contributed by atoms with Crippen LogP contribution in [0.2, 0.25) is 0 Å². The summed E-state index contributed by atoms with van der Waals surface area (Å²) < 4.78 is 22.6. The zero-order valence-electron chi connectivity index (χ0n) is 33.1. The van der Waals surface area contributed by atoms with Gasteiger partial charge in [-0.3, -0.25) is 9.59 Å². The average molecular weight is 773 g/mol. The largest absolute Gasteiger partial charge is 0.453 e. The van der Waals surface area contributed by atoms with Gasteiger partial charge in [0.15, 0.2) is 5.60 Å². The number of carbonyl (C=O) groups excluding carboxylic acids is 4. The summed E-state index contributed by atoms with van der Waals surface area (Å²) in [5.41, 5.74) is 8.98. The Morgan fingerprint density at radius 1 is 0.964 bits per heavy atom. The number of imidazole rings is 2. The minimum atomic E-state index is -1.41. The number of alkyl carbamates (subject to hydrolysis) is 1. The maximum absolute atomic E-state index is 13.6. The number of H-pyrrole nitrogens is 1. The lowest BCUT2D eigenvalue weighted by Gasteiger charge is -2.35. The number of hydrogen-bond acceptors (Lipinski definition) is 10. The van der Waals surface area contributed by atoms with Crippen molar-refractivity contribution in [2.75, 3.05) is 34.4 Å². The molecule has 0 spiro atoms. The summed E-state index contributed by atoms with van der Waals surface area (Å²) in [6.07, 6.45) is 2.28. The molecular weight excluding hydrogens is 720 g/mol. The predicted molar refractivity (Wildman–Crippen MR) is 208 cm³/mol. The third kappa shape index (κ3) is 9.03. The van der Waals surface area contributed by atoms with Gasteiger partial charge in [0.2, 0.25) is 5.91 Å². The molecule has 1 fully saturated rings. The molecule has 4 amide bonds. The molecule has 5 N–H and O–H groups in total. The zero-order chi connectivity index (χ0) is 40.7. The number of amides is 4. The third-order valence-electron chi connectivity index (χ3n) is 10.5. The lowest BCUT2D eigenvalue weighted by atomic mass is 9.95. The summed E-state index contributed by atoms with van der Waals surface area (Å²) in [7, 11) is 4.10. The van der Waals surface area contributed by atoms with Gasteiger partial charge in [0.05, 0.1) is 37.1 Å². The molecule has 3 heterocycles. The number of aromatic nitrogens is 4. The van der Waals surface area contributed by atoms with Crippen molar-refractivity contribution in [3.05, 3.63) is 73.1 Å². The number of nitrogens with one attached hydrogen (secondary N) is 3. The second-order valence-corrected chi connectivity index (χ2v) is 14.4. The molecule has 1 aliphatic rings. The Morgan fingerprint density at radius 3 is 2.34 bits per heavy atom. The van der Waals surface area contributed by atoms with Crippen LogP contribution in [0.4, 0.5) is 9.59 Å². The Morgan fingerprint density at radius 2 is 1.70 bits per heavy atom. The zero-order valence-corrected chi connectivity index (χ0v) is 33.1. The van der Waals surface area contributed by atoms with Gasteiger partial charge in [-0.2, -0.15) is 0 Å². The number of carbonyl (C=O) groups is 4. The number of primary amides is 1. The van der Waals surface area contributed by atoms with Crippen LogP contribution >= 0.6 is 0 Å². The quantitative estimate of drug-likeness (QED) is 0.129. The molecular formula is C40H52N8O8. The van der Waals surface area contributed by atoms with Crippen molar-refractivity contribution in [3.8, 4) is 33.6 Å². The first kappa shape index (κ1) is 41.4. The normalized spacial score (nSPS) is 17.4. The van der Waals surface area contributed by atoms with Crippen LogP contribution in [0.25, 0.3) is 33.6 Å². The molecule has 1 saturated heterocycles. The van der Waals surface area contributed by atoms with Gasteiger partial charge >= 0.3 is 12.2 Å². The molecule has 6 atom stereocenters. The minimum Gasteiger partial charge on any atom is -0.453 e. The molecule has 2 aromatic carbocycles. The van der Waals surface area contributed by atoms with E-state index >= 15 is 0 Å². The van der Waals surface area contributed by atoms with Crippen molar-refractivity contribution in [1.29, 1.82) is 0 Å². The van der Waals surface area contributed by atoms with Crippen molar-refractivity contribution in [3.63, 3.8) is 0 Å². The molecule has 1 aliphatic heterocycles. The van der Waals surface area contributed by atoms with Crippen molar-refractivity contribution >= 4 is 24.0 Å². The summed E-state index contributed by atoms with van der Waals surface area (Å²) in [5, 5.41) is 5.62. The monoisotopic (exact) mass is 772 g/mol. The fraction of sp³-hybridized carbons (Fsp3) is 0.450. The molecule has 16 heteroatoms. The van der Waals surface area contributed by atoms with Gasteiger partial charge in [0.25, 0.3) is 5.91 Å². The number of rotatable bonds is 15. The van der Waals surface area contributed by atoms with E-state index in [1.807, 2.05) is 67.1 Å². The van der Waals surface area contributed by atoms with Gasteiger partial charge < -0.3 is 49.8 Å². The molecule has 3 unspecified atom stereocenters. The minimum absolute atomic E-state index is 0.0575. The topological polar surface area (TPSA) is 205 Å². The summed E-state index contributed by atoms with van der Waals surface area (Å²) in [6.45, 7) is 9.69. The van der Waals surface area contributed by atoms with E-state index in [1.54, 1.807) is 38.2 Å². The van der Waals surface area contributed by atoms with Crippen LogP contribution in [-0.4, -0.2) is 107 Å². The van der Waals surface area contributed by atoms with Crippen molar-refractivity contribution in [2.24, 2.45) is 11.7 Å². The Balaban J connectivity index is 1.42. The predicted octanol–water partition coefficient (Wildman–Crippen LogP) is 4.84. The maximum atomic E-state index is 13.6. The number of ether oxygens (including phenoxy) is 4. The van der Waals surface area contributed by atoms with E-state index in [9.17, 15) is 19.2 Å². The van der Waals surface area contributed by atoms with Crippen molar-refractivity contribution in [2.45, 2.75) is 77.0 Å². The van der Waals surface area contributed by atoms with E-state index < -0.39 is 48.1 Å². The molecule has 5 rings (SSSR count). The van der Waals surface area contributed by atoms with E-state index in [-0.39, 0.29) is 17.7 Å². The first-order valence-corrected chi connectivity index (χ1v) is 18.5. The molecule has 0 bridgehead atoms. The van der Waals surface area contributed by atoms with Crippen LogP contribution in [0.3, 0.4) is 0 Å². The molecule has 0 aliphatic carbocycles. The second kappa shape index (κ2) is 17.8. The molecule has 300 valence electrons. The Bertz CT molecular complexity index is 2000. The van der Waals surface area contributed by atoms with Crippen LogP contribution in [0.15, 0.2) is 67.3 Å². The molecule has 56 heavy (non-hydrogen) atoms. The lowest BCUT2D eigenvalue weighted by molar-refractivity contribution is -0.164. The summed E-state index contributed by atoms with van der Waals surface area (Å²) in [5.74, 6) is -0.109. The highest BCUT2D eigenvalue weighted by molar-refractivity contribution is 5.88. The average Bonchev–Trinajstić information content (AvgIpc) is 3.99. The summed E-state index contributed by atoms with van der Waals surface area (Å²) in [6, 6.07) is 15.1. The van der Waals surface area contributed by atoms with Crippen molar-refractivity contribution in [1.82, 2.24) is 35.1 Å². The highest BCUT2D eigenvalue weighted by Gasteiger charge is 2.46. The van der Waals surface area contributed by atoms with Gasteiger partial charge in [0, 0.05) is 50.6 Å². The van der Waals surface area contributed by atoms with Gasteiger partial charge in [-0.1, -0.05) is 56.3 Å². The Hall–Kier alpha value is -5.74. The van der Waals surface area contributed by atoms with E-state index in [0.717, 1.165) is 33.8 Å². The number of aromatic amines is 1. The van der Waals surface area contributed by atoms with Crippen molar-refractivity contribution < 1.29 is 38.1 Å². The molecule has 4 aromatic rings. The van der Waals surface area contributed by atoms with E-state index in [2.05, 4.69) is 21.7 Å². The van der Waals surface area contributed by atoms with E-state index in [0.29, 0.717) is 25.2 Å². The number of methoxy groups -OCH3 is 3. The van der Waals surface area contributed by atoms with Gasteiger partial charge in [-0.25, -0.2) is 19.6 Å². The highest BCUT2D eigenvalue weighted by atomic mass is 16.6. The Kier molecular flexibility index (Phi) is 13.2. The van der Waals surface area contributed by atoms with Crippen LogP contribution in [0, 0.1) is 5.92 Å². The number of likely N-dealkylation sites (tertiary alicyclic amines) is 1. The number of benzene rings is 2. The van der Waals surface area contributed by atoms with Crippen LogP contribution in [0.1, 0.15) is 58.9 Å². The fourth-order valence-corrected chi connectivity index (χ4v) is 6.85. The van der Waals surface area contributed by atoms with E-state index in [1.165, 1.54) is 21.3 Å². The summed E-state index contributed by atoms with van der Waals surface area (Å²) >= 11 is 0. The maximum Gasteiger partial charge on any atom is 0.407 e. The smallest absolute Gasteiger partial charge is 0.407 e.